The Kier molecular flexibility index (Phi) is 3.85. The molecule has 3 nitrogen and oxygen atoms in total. The Balaban J connectivity index is 1.76. The predicted octanol–water partition coefficient (Wildman–Crippen LogP) is 2.91. The molecule has 100 valence electrons. The number of aryl methyl sites for hydroxylation is 1. The lowest BCUT2D eigenvalue weighted by Gasteiger charge is -2.28. The van der Waals surface area contributed by atoms with E-state index in [4.69, 9.17) is 4.98 Å². The number of anilines is 1. The highest BCUT2D eigenvalue weighted by Crippen LogP contribution is 2.38. The number of hydrogen-bond acceptors (Lipinski definition) is 4. The van der Waals surface area contributed by atoms with E-state index in [0.717, 1.165) is 32.1 Å². The molecular formula is C14H23N3S. The van der Waals surface area contributed by atoms with E-state index >= 15 is 0 Å². The average Bonchev–Trinajstić information content (AvgIpc) is 2.83. The number of piperazine rings is 1. The van der Waals surface area contributed by atoms with E-state index in [1.807, 2.05) is 11.3 Å². The third-order valence-electron chi connectivity index (χ3n) is 4.15. The Morgan fingerprint density at radius 1 is 1.17 bits per heavy atom. The van der Waals surface area contributed by atoms with Crippen LogP contribution in [0.5, 0.6) is 0 Å². The van der Waals surface area contributed by atoms with E-state index < -0.39 is 0 Å². The molecule has 1 aromatic heterocycles. The molecule has 1 N–H and O–H groups in total. The summed E-state index contributed by atoms with van der Waals surface area (Å²) in [6.45, 7) is 6.66. The normalized spacial score (nSPS) is 22.4. The number of thiazole rings is 1. The molecule has 3 rings (SSSR count). The summed E-state index contributed by atoms with van der Waals surface area (Å²) in [5, 5.41) is 6.25. The second kappa shape index (κ2) is 5.57. The summed E-state index contributed by atoms with van der Waals surface area (Å²) in [6, 6.07) is 0. The first-order chi connectivity index (χ1) is 8.84. The minimum Gasteiger partial charge on any atom is -0.359 e. The van der Waals surface area contributed by atoms with Crippen LogP contribution in [-0.4, -0.2) is 31.2 Å². The van der Waals surface area contributed by atoms with Crippen molar-refractivity contribution in [3.63, 3.8) is 0 Å². The SMILES string of the molecule is Cc1nc(C2CCCCC2)sc1N1CCNCC1. The minimum atomic E-state index is 0.749. The first kappa shape index (κ1) is 12.4. The second-order valence-corrected chi connectivity index (χ2v) is 6.52. The van der Waals surface area contributed by atoms with Gasteiger partial charge < -0.3 is 10.2 Å². The summed E-state index contributed by atoms with van der Waals surface area (Å²) in [5.41, 5.74) is 1.25. The van der Waals surface area contributed by atoms with Crippen LogP contribution in [0.4, 0.5) is 5.00 Å². The minimum absolute atomic E-state index is 0.749. The second-order valence-electron chi connectivity index (χ2n) is 5.51. The molecule has 1 aromatic rings. The van der Waals surface area contributed by atoms with E-state index in [1.165, 1.54) is 47.8 Å². The summed E-state index contributed by atoms with van der Waals surface area (Å²) in [5.74, 6) is 0.749. The smallest absolute Gasteiger partial charge is 0.114 e. The van der Waals surface area contributed by atoms with Gasteiger partial charge in [0.1, 0.15) is 5.00 Å². The summed E-state index contributed by atoms with van der Waals surface area (Å²) < 4.78 is 0. The zero-order valence-corrected chi connectivity index (χ0v) is 12.1. The van der Waals surface area contributed by atoms with Crippen molar-refractivity contribution in [1.82, 2.24) is 10.3 Å². The highest BCUT2D eigenvalue weighted by Gasteiger charge is 2.22. The molecule has 1 saturated carbocycles. The zero-order valence-electron chi connectivity index (χ0n) is 11.2. The Morgan fingerprint density at radius 3 is 2.61 bits per heavy atom. The fourth-order valence-electron chi connectivity index (χ4n) is 3.09. The van der Waals surface area contributed by atoms with Gasteiger partial charge in [-0.2, -0.15) is 0 Å². The Morgan fingerprint density at radius 2 is 1.89 bits per heavy atom. The standard InChI is InChI=1S/C14H23N3S/c1-11-14(17-9-7-15-8-10-17)18-13(16-11)12-5-3-2-4-6-12/h12,15H,2-10H2,1H3. The highest BCUT2D eigenvalue weighted by molar-refractivity contribution is 7.16. The largest absolute Gasteiger partial charge is 0.359 e. The molecular weight excluding hydrogens is 242 g/mol. The van der Waals surface area contributed by atoms with Gasteiger partial charge in [0.2, 0.25) is 0 Å². The average molecular weight is 265 g/mol. The van der Waals surface area contributed by atoms with Crippen molar-refractivity contribution < 1.29 is 0 Å². The van der Waals surface area contributed by atoms with Gasteiger partial charge in [0.25, 0.3) is 0 Å². The van der Waals surface area contributed by atoms with Gasteiger partial charge in [-0.05, 0) is 19.8 Å². The molecule has 0 amide bonds. The van der Waals surface area contributed by atoms with Crippen molar-refractivity contribution in [2.75, 3.05) is 31.1 Å². The van der Waals surface area contributed by atoms with Gasteiger partial charge in [-0.15, -0.1) is 11.3 Å². The maximum absolute atomic E-state index is 4.87. The zero-order chi connectivity index (χ0) is 12.4. The number of nitrogens with one attached hydrogen (secondary N) is 1. The van der Waals surface area contributed by atoms with E-state index in [1.54, 1.807) is 0 Å². The molecule has 0 atom stereocenters. The van der Waals surface area contributed by atoms with Crippen LogP contribution in [0, 0.1) is 6.92 Å². The number of rotatable bonds is 2. The molecule has 2 aliphatic rings. The molecule has 4 heteroatoms. The van der Waals surface area contributed by atoms with E-state index in [2.05, 4.69) is 17.1 Å². The highest BCUT2D eigenvalue weighted by atomic mass is 32.1. The van der Waals surface area contributed by atoms with Gasteiger partial charge in [-0.1, -0.05) is 19.3 Å². The molecule has 0 spiro atoms. The van der Waals surface area contributed by atoms with Crippen molar-refractivity contribution in [3.8, 4) is 0 Å². The summed E-state index contributed by atoms with van der Waals surface area (Å²) in [7, 11) is 0. The number of nitrogens with zero attached hydrogens (tertiary/aromatic N) is 2. The molecule has 0 radical (unpaired) electrons. The van der Waals surface area contributed by atoms with Gasteiger partial charge in [-0.3, -0.25) is 0 Å². The summed E-state index contributed by atoms with van der Waals surface area (Å²) >= 11 is 1.96. The fourth-order valence-corrected chi connectivity index (χ4v) is 4.38. The Bertz CT molecular complexity index is 390. The van der Waals surface area contributed by atoms with Crippen LogP contribution in [0.25, 0.3) is 0 Å². The fraction of sp³-hybridized carbons (Fsp3) is 0.786. The number of hydrogen-bond donors (Lipinski definition) is 1. The van der Waals surface area contributed by atoms with Crippen LogP contribution in [0.15, 0.2) is 0 Å². The van der Waals surface area contributed by atoms with Crippen molar-refractivity contribution in [3.05, 3.63) is 10.7 Å². The van der Waals surface area contributed by atoms with Gasteiger partial charge in [0, 0.05) is 32.1 Å². The summed E-state index contributed by atoms with van der Waals surface area (Å²) in [6.07, 6.45) is 6.92. The lowest BCUT2D eigenvalue weighted by molar-refractivity contribution is 0.442. The maximum Gasteiger partial charge on any atom is 0.114 e. The lowest BCUT2D eigenvalue weighted by Crippen LogP contribution is -2.43. The van der Waals surface area contributed by atoms with Gasteiger partial charge in [0.05, 0.1) is 10.7 Å². The molecule has 1 aliphatic carbocycles. The van der Waals surface area contributed by atoms with Crippen molar-refractivity contribution in [1.29, 1.82) is 0 Å². The van der Waals surface area contributed by atoms with Gasteiger partial charge in [-0.25, -0.2) is 4.98 Å². The van der Waals surface area contributed by atoms with Crippen molar-refractivity contribution in [2.24, 2.45) is 0 Å². The van der Waals surface area contributed by atoms with Gasteiger partial charge >= 0.3 is 0 Å². The Labute approximate surface area is 114 Å². The van der Waals surface area contributed by atoms with Crippen LogP contribution < -0.4 is 10.2 Å². The molecule has 2 heterocycles. The molecule has 18 heavy (non-hydrogen) atoms. The maximum atomic E-state index is 4.87. The van der Waals surface area contributed by atoms with Crippen LogP contribution in [0.2, 0.25) is 0 Å². The van der Waals surface area contributed by atoms with Crippen LogP contribution in [0.3, 0.4) is 0 Å². The van der Waals surface area contributed by atoms with E-state index in [9.17, 15) is 0 Å². The molecule has 2 fully saturated rings. The molecule has 0 aromatic carbocycles. The first-order valence-corrected chi connectivity index (χ1v) is 8.09. The van der Waals surface area contributed by atoms with E-state index in [-0.39, 0.29) is 0 Å². The topological polar surface area (TPSA) is 28.2 Å². The van der Waals surface area contributed by atoms with Gasteiger partial charge in [0.15, 0.2) is 0 Å². The van der Waals surface area contributed by atoms with E-state index in [0.29, 0.717) is 0 Å². The Hall–Kier alpha value is -0.610. The monoisotopic (exact) mass is 265 g/mol. The number of aromatic nitrogens is 1. The van der Waals surface area contributed by atoms with Crippen LogP contribution >= 0.6 is 11.3 Å². The molecule has 1 aliphatic heterocycles. The molecule has 0 unspecified atom stereocenters. The van der Waals surface area contributed by atoms with Crippen LogP contribution in [0.1, 0.15) is 48.7 Å². The predicted molar refractivity (Wildman–Crippen MR) is 77.8 cm³/mol. The van der Waals surface area contributed by atoms with Crippen molar-refractivity contribution in [2.45, 2.75) is 44.9 Å². The lowest BCUT2D eigenvalue weighted by atomic mass is 9.90. The summed E-state index contributed by atoms with van der Waals surface area (Å²) in [4.78, 5) is 7.38. The van der Waals surface area contributed by atoms with Crippen LogP contribution in [-0.2, 0) is 0 Å². The molecule has 1 saturated heterocycles. The third-order valence-corrected chi connectivity index (χ3v) is 5.53. The molecule has 0 bridgehead atoms. The first-order valence-electron chi connectivity index (χ1n) is 7.27. The third kappa shape index (κ3) is 2.54. The van der Waals surface area contributed by atoms with Crippen molar-refractivity contribution >= 4 is 16.3 Å². The quantitative estimate of drug-likeness (QED) is 0.891.